The molecule has 1 aromatic heterocycles. The first kappa shape index (κ1) is 19.0. The van der Waals surface area contributed by atoms with E-state index in [0.29, 0.717) is 11.3 Å². The number of benzene rings is 3. The number of anilines is 1. The Kier molecular flexibility index (Phi) is 5.50. The number of nitrogens with zero attached hydrogens (tertiary/aromatic N) is 1. The molecule has 0 aliphatic carbocycles. The van der Waals surface area contributed by atoms with Gasteiger partial charge in [-0.1, -0.05) is 36.4 Å². The van der Waals surface area contributed by atoms with E-state index in [1.165, 1.54) is 18.2 Å². The van der Waals surface area contributed by atoms with Crippen molar-refractivity contribution < 1.29 is 14.3 Å². The number of urea groups is 1. The first-order valence-corrected chi connectivity index (χ1v) is 9.85. The molecule has 4 aromatic rings. The van der Waals surface area contributed by atoms with Crippen molar-refractivity contribution in [2.45, 2.75) is 6.10 Å². The van der Waals surface area contributed by atoms with Crippen LogP contribution in [0.1, 0.15) is 11.7 Å². The van der Waals surface area contributed by atoms with Crippen LogP contribution in [0.2, 0.25) is 0 Å². The van der Waals surface area contributed by atoms with Crippen molar-refractivity contribution in [2.24, 2.45) is 0 Å². The van der Waals surface area contributed by atoms with Crippen molar-refractivity contribution in [3.8, 4) is 10.6 Å². The van der Waals surface area contributed by atoms with Crippen LogP contribution in [0.15, 0.2) is 72.8 Å². The molecule has 3 aromatic carbocycles. The quantitative estimate of drug-likeness (QED) is 0.438. The highest BCUT2D eigenvalue weighted by atomic mass is 32.1. The Bertz CT molecular complexity index is 1130. The van der Waals surface area contributed by atoms with E-state index in [1.54, 1.807) is 23.5 Å². The van der Waals surface area contributed by atoms with E-state index in [1.807, 2.05) is 42.5 Å². The molecule has 0 saturated carbocycles. The van der Waals surface area contributed by atoms with E-state index in [4.69, 9.17) is 0 Å². The smallest absolute Gasteiger partial charge is 0.319 e. The molecule has 7 heteroatoms. The number of hydrogen-bond donors (Lipinski definition) is 3. The van der Waals surface area contributed by atoms with Gasteiger partial charge in [-0.2, -0.15) is 0 Å². The molecule has 5 nitrogen and oxygen atoms in total. The summed E-state index contributed by atoms with van der Waals surface area (Å²) in [6.45, 7) is -0.0431. The minimum atomic E-state index is -1.00. The Morgan fingerprint density at radius 3 is 2.69 bits per heavy atom. The van der Waals surface area contributed by atoms with E-state index in [9.17, 15) is 14.3 Å². The highest BCUT2D eigenvalue weighted by molar-refractivity contribution is 7.21. The number of carbonyl (C=O) groups is 1. The average molecular weight is 407 g/mol. The van der Waals surface area contributed by atoms with Crippen molar-refractivity contribution in [1.29, 1.82) is 0 Å². The first-order valence-electron chi connectivity index (χ1n) is 9.03. The highest BCUT2D eigenvalue weighted by Gasteiger charge is 2.14. The maximum atomic E-state index is 13.3. The van der Waals surface area contributed by atoms with Crippen molar-refractivity contribution >= 4 is 33.3 Å². The summed E-state index contributed by atoms with van der Waals surface area (Å²) in [4.78, 5) is 17.0. The van der Waals surface area contributed by atoms with Gasteiger partial charge >= 0.3 is 6.03 Å². The zero-order valence-electron chi connectivity index (χ0n) is 15.3. The molecule has 146 valence electrons. The molecular weight excluding hydrogens is 389 g/mol. The van der Waals surface area contributed by atoms with E-state index in [2.05, 4.69) is 15.6 Å². The second-order valence-corrected chi connectivity index (χ2v) is 7.47. The normalized spacial score (nSPS) is 11.9. The summed E-state index contributed by atoms with van der Waals surface area (Å²) in [6, 6.07) is 20.5. The van der Waals surface area contributed by atoms with Crippen LogP contribution in [-0.2, 0) is 0 Å². The Morgan fingerprint density at radius 1 is 1.07 bits per heavy atom. The van der Waals surface area contributed by atoms with Gasteiger partial charge in [0.2, 0.25) is 0 Å². The van der Waals surface area contributed by atoms with Crippen molar-refractivity contribution in [2.75, 3.05) is 11.9 Å². The third-order valence-electron chi connectivity index (χ3n) is 4.39. The SMILES string of the molecule is O=C(NCC(O)c1cccc(F)c1)Nc1ccccc1-c1nc2ccccc2s1. The predicted molar refractivity (Wildman–Crippen MR) is 113 cm³/mol. The average Bonchev–Trinajstić information content (AvgIpc) is 3.16. The third kappa shape index (κ3) is 4.42. The second kappa shape index (κ2) is 8.38. The molecule has 0 bridgehead atoms. The monoisotopic (exact) mass is 407 g/mol. The molecular formula is C22H18FN3O2S. The van der Waals surface area contributed by atoms with Gasteiger partial charge in [-0.25, -0.2) is 14.2 Å². The van der Waals surface area contributed by atoms with Crippen LogP contribution in [0.5, 0.6) is 0 Å². The van der Waals surface area contributed by atoms with Crippen LogP contribution in [-0.4, -0.2) is 22.7 Å². The fourth-order valence-corrected chi connectivity index (χ4v) is 3.96. The largest absolute Gasteiger partial charge is 0.387 e. The van der Waals surface area contributed by atoms with Crippen LogP contribution in [0.3, 0.4) is 0 Å². The van der Waals surface area contributed by atoms with Gasteiger partial charge < -0.3 is 15.7 Å². The molecule has 0 radical (unpaired) electrons. The lowest BCUT2D eigenvalue weighted by molar-refractivity contribution is 0.174. The number of para-hydroxylation sites is 2. The van der Waals surface area contributed by atoms with Gasteiger partial charge in [0.1, 0.15) is 10.8 Å². The number of rotatable bonds is 5. The van der Waals surface area contributed by atoms with Gasteiger partial charge in [-0.3, -0.25) is 0 Å². The number of halogens is 1. The van der Waals surface area contributed by atoms with Gasteiger partial charge in [-0.05, 0) is 42.0 Å². The summed E-state index contributed by atoms with van der Waals surface area (Å²) in [5.41, 5.74) is 2.74. The van der Waals surface area contributed by atoms with Gasteiger partial charge in [0.25, 0.3) is 0 Å². The number of hydrogen-bond acceptors (Lipinski definition) is 4. The molecule has 29 heavy (non-hydrogen) atoms. The molecule has 0 spiro atoms. The lowest BCUT2D eigenvalue weighted by Crippen LogP contribution is -2.32. The lowest BCUT2D eigenvalue weighted by Gasteiger charge is -2.14. The van der Waals surface area contributed by atoms with E-state index in [-0.39, 0.29) is 6.54 Å². The summed E-state index contributed by atoms with van der Waals surface area (Å²) in [5.74, 6) is -0.434. The zero-order chi connectivity index (χ0) is 20.2. The van der Waals surface area contributed by atoms with Crippen LogP contribution in [0.4, 0.5) is 14.9 Å². The molecule has 3 N–H and O–H groups in total. The topological polar surface area (TPSA) is 74.2 Å². The molecule has 0 aliphatic heterocycles. The fraction of sp³-hybridized carbons (Fsp3) is 0.0909. The first-order chi connectivity index (χ1) is 14.1. The predicted octanol–water partition coefficient (Wildman–Crippen LogP) is 4.96. The van der Waals surface area contributed by atoms with Crippen LogP contribution in [0, 0.1) is 5.82 Å². The minimum Gasteiger partial charge on any atom is -0.387 e. The Labute approximate surface area is 170 Å². The standard InChI is InChI=1S/C22H18FN3O2S/c23-15-7-5-6-14(12-15)19(27)13-24-22(28)26-17-9-2-1-8-16(17)21-25-18-10-3-4-11-20(18)29-21/h1-12,19,27H,13H2,(H2,24,26,28). The maximum Gasteiger partial charge on any atom is 0.319 e. The van der Waals surface area contributed by atoms with Gasteiger partial charge in [0, 0.05) is 12.1 Å². The molecule has 1 unspecified atom stereocenters. The Hall–Kier alpha value is -3.29. The molecule has 0 aliphatic rings. The maximum absolute atomic E-state index is 13.3. The summed E-state index contributed by atoms with van der Waals surface area (Å²) in [5, 5.41) is 16.4. The van der Waals surface area contributed by atoms with Gasteiger partial charge in [0.05, 0.1) is 22.0 Å². The fourth-order valence-electron chi connectivity index (χ4n) is 2.95. The van der Waals surface area contributed by atoms with Crippen LogP contribution < -0.4 is 10.6 Å². The number of aliphatic hydroxyl groups is 1. The van der Waals surface area contributed by atoms with E-state index in [0.717, 1.165) is 20.8 Å². The van der Waals surface area contributed by atoms with E-state index >= 15 is 0 Å². The molecule has 0 saturated heterocycles. The van der Waals surface area contributed by atoms with Gasteiger partial charge in [0.15, 0.2) is 0 Å². The summed E-state index contributed by atoms with van der Waals surface area (Å²) >= 11 is 1.55. The van der Waals surface area contributed by atoms with Crippen LogP contribution >= 0.6 is 11.3 Å². The molecule has 1 atom stereocenters. The van der Waals surface area contributed by atoms with Crippen molar-refractivity contribution in [1.82, 2.24) is 10.3 Å². The number of aliphatic hydroxyl groups excluding tert-OH is 1. The van der Waals surface area contributed by atoms with Gasteiger partial charge in [-0.15, -0.1) is 11.3 Å². The van der Waals surface area contributed by atoms with E-state index < -0.39 is 18.0 Å². The van der Waals surface area contributed by atoms with Crippen LogP contribution in [0.25, 0.3) is 20.8 Å². The highest BCUT2D eigenvalue weighted by Crippen LogP contribution is 2.34. The minimum absolute atomic E-state index is 0.0431. The lowest BCUT2D eigenvalue weighted by atomic mass is 10.1. The molecule has 0 fully saturated rings. The summed E-state index contributed by atoms with van der Waals surface area (Å²) < 4.78 is 14.4. The van der Waals surface area contributed by atoms with Crippen molar-refractivity contribution in [3.63, 3.8) is 0 Å². The number of aromatic nitrogens is 1. The third-order valence-corrected chi connectivity index (χ3v) is 5.46. The number of thiazole rings is 1. The molecule has 1 heterocycles. The number of fused-ring (bicyclic) bond motifs is 1. The number of nitrogens with one attached hydrogen (secondary N) is 2. The number of carbonyl (C=O) groups excluding carboxylic acids is 1. The second-order valence-electron chi connectivity index (χ2n) is 6.44. The molecule has 4 rings (SSSR count). The molecule has 2 amide bonds. The Balaban J connectivity index is 1.46. The zero-order valence-corrected chi connectivity index (χ0v) is 16.1. The summed E-state index contributed by atoms with van der Waals surface area (Å²) in [7, 11) is 0. The summed E-state index contributed by atoms with van der Waals surface area (Å²) in [6.07, 6.45) is -1.00. The number of amides is 2. The Morgan fingerprint density at radius 2 is 1.86 bits per heavy atom. The van der Waals surface area contributed by atoms with Crippen molar-refractivity contribution in [3.05, 3.63) is 84.2 Å².